The maximum Gasteiger partial charge on any atom is 0.141 e. The highest BCUT2D eigenvalue weighted by Crippen LogP contribution is 2.28. The number of halogens is 1. The third kappa shape index (κ3) is 1.95. The Balaban J connectivity index is 2.29. The molecule has 1 aromatic heterocycles. The van der Waals surface area contributed by atoms with Gasteiger partial charge in [0.25, 0.3) is 0 Å². The Labute approximate surface area is 122 Å². The number of hydrogen-bond donors (Lipinski definition) is 0. The van der Waals surface area contributed by atoms with E-state index in [9.17, 15) is 0 Å². The largest absolute Gasteiger partial charge is 0.327 e. The molecule has 0 saturated heterocycles. The average molecular weight is 282 g/mol. The van der Waals surface area contributed by atoms with E-state index in [1.165, 1.54) is 0 Å². The summed E-state index contributed by atoms with van der Waals surface area (Å²) in [5, 5.41) is 9.66. The maximum atomic E-state index is 8.97. The fourth-order valence-electron chi connectivity index (χ4n) is 2.35. The molecule has 0 bridgehead atoms. The summed E-state index contributed by atoms with van der Waals surface area (Å²) in [6.07, 6.45) is 0. The van der Waals surface area contributed by atoms with Gasteiger partial charge in [-0.15, -0.1) is 0 Å². The summed E-state index contributed by atoms with van der Waals surface area (Å²) in [5.41, 5.74) is 4.56. The molecule has 98 valence electrons. The van der Waals surface area contributed by atoms with Crippen LogP contribution < -0.4 is 0 Å². The number of aromatic nitrogens is 2. The third-order valence-electron chi connectivity index (χ3n) is 3.45. The summed E-state index contributed by atoms with van der Waals surface area (Å²) in [6, 6.07) is 13.4. The number of hydrogen-bond acceptors (Lipinski definition) is 2. The predicted octanol–water partition coefficient (Wildman–Crippen LogP) is 4.07. The van der Waals surface area contributed by atoms with Crippen molar-refractivity contribution in [3.8, 4) is 17.5 Å². The van der Waals surface area contributed by atoms with Gasteiger partial charge in [0.05, 0.1) is 22.7 Å². The minimum atomic E-state index is 0.616. The van der Waals surface area contributed by atoms with Gasteiger partial charge in [-0.1, -0.05) is 17.7 Å². The summed E-state index contributed by atoms with van der Waals surface area (Å²) in [4.78, 5) is 4.65. The Morgan fingerprint density at radius 1 is 1.20 bits per heavy atom. The van der Waals surface area contributed by atoms with Crippen molar-refractivity contribution in [1.29, 1.82) is 5.26 Å². The second kappa shape index (κ2) is 4.66. The number of nitriles is 1. The van der Waals surface area contributed by atoms with Crippen molar-refractivity contribution in [2.24, 2.45) is 7.05 Å². The van der Waals surface area contributed by atoms with E-state index >= 15 is 0 Å². The molecule has 0 spiro atoms. The average Bonchev–Trinajstić information content (AvgIpc) is 2.78. The van der Waals surface area contributed by atoms with Crippen LogP contribution in [0.4, 0.5) is 0 Å². The highest BCUT2D eigenvalue weighted by Gasteiger charge is 2.12. The fraction of sp³-hybridized carbons (Fsp3) is 0.125. The molecule has 0 aliphatic rings. The summed E-state index contributed by atoms with van der Waals surface area (Å²) >= 11 is 6.09. The lowest BCUT2D eigenvalue weighted by molar-refractivity contribution is 0.957. The number of benzene rings is 2. The summed E-state index contributed by atoms with van der Waals surface area (Å²) in [6.45, 7) is 2.03. The minimum absolute atomic E-state index is 0.616. The zero-order valence-corrected chi connectivity index (χ0v) is 11.9. The molecule has 0 unspecified atom stereocenters. The van der Waals surface area contributed by atoms with Gasteiger partial charge in [0.1, 0.15) is 5.82 Å². The molecule has 0 saturated carbocycles. The van der Waals surface area contributed by atoms with E-state index in [-0.39, 0.29) is 0 Å². The molecule has 0 N–H and O–H groups in total. The topological polar surface area (TPSA) is 41.6 Å². The van der Waals surface area contributed by atoms with Crippen LogP contribution in [-0.2, 0) is 7.05 Å². The van der Waals surface area contributed by atoms with E-state index in [1.54, 1.807) is 12.1 Å². The van der Waals surface area contributed by atoms with Gasteiger partial charge in [-0.2, -0.15) is 5.26 Å². The molecular weight excluding hydrogens is 270 g/mol. The Hall–Kier alpha value is -2.31. The second-order valence-corrected chi connectivity index (χ2v) is 5.21. The van der Waals surface area contributed by atoms with E-state index < -0.39 is 0 Å². The quantitative estimate of drug-likeness (QED) is 0.674. The summed E-state index contributed by atoms with van der Waals surface area (Å²) in [7, 11) is 1.97. The minimum Gasteiger partial charge on any atom is -0.327 e. The van der Waals surface area contributed by atoms with Gasteiger partial charge in [-0.05, 0) is 42.8 Å². The van der Waals surface area contributed by atoms with E-state index in [0.717, 1.165) is 28.0 Å². The Kier molecular flexibility index (Phi) is 2.96. The molecular formula is C16H12ClN3. The van der Waals surface area contributed by atoms with Crippen molar-refractivity contribution in [2.75, 3.05) is 0 Å². The Morgan fingerprint density at radius 2 is 2.00 bits per heavy atom. The third-order valence-corrected chi connectivity index (χ3v) is 3.69. The molecule has 1 heterocycles. The number of nitrogens with zero attached hydrogens (tertiary/aromatic N) is 3. The fourth-order valence-corrected chi connectivity index (χ4v) is 2.52. The van der Waals surface area contributed by atoms with Gasteiger partial charge in [-0.25, -0.2) is 4.98 Å². The van der Waals surface area contributed by atoms with Crippen LogP contribution in [0, 0.1) is 18.3 Å². The van der Waals surface area contributed by atoms with Crippen LogP contribution in [0.15, 0.2) is 36.4 Å². The lowest BCUT2D eigenvalue weighted by Crippen LogP contribution is -1.94. The van der Waals surface area contributed by atoms with Crippen LogP contribution in [-0.4, -0.2) is 9.55 Å². The van der Waals surface area contributed by atoms with Gasteiger partial charge in [0.2, 0.25) is 0 Å². The molecule has 0 aliphatic carbocycles. The van der Waals surface area contributed by atoms with Gasteiger partial charge < -0.3 is 4.57 Å². The highest BCUT2D eigenvalue weighted by molar-refractivity contribution is 6.30. The standard InChI is InChI=1S/C16H12ClN3/c1-10-3-5-12(17)8-13(10)16-19-14-7-11(9-18)4-6-15(14)20(16)2/h3-8H,1-2H3. The van der Waals surface area contributed by atoms with Crippen molar-refractivity contribution < 1.29 is 0 Å². The Morgan fingerprint density at radius 3 is 2.75 bits per heavy atom. The maximum absolute atomic E-state index is 8.97. The summed E-state index contributed by atoms with van der Waals surface area (Å²) in [5.74, 6) is 0.857. The highest BCUT2D eigenvalue weighted by atomic mass is 35.5. The molecule has 0 amide bonds. The Bertz CT molecular complexity index is 856. The first-order valence-electron chi connectivity index (χ1n) is 6.23. The first kappa shape index (κ1) is 12.7. The van der Waals surface area contributed by atoms with Gasteiger partial charge >= 0.3 is 0 Å². The number of rotatable bonds is 1. The predicted molar refractivity (Wildman–Crippen MR) is 80.6 cm³/mol. The monoisotopic (exact) mass is 281 g/mol. The molecule has 0 atom stereocenters. The lowest BCUT2D eigenvalue weighted by Gasteiger charge is -2.06. The van der Waals surface area contributed by atoms with Gasteiger partial charge in [-0.3, -0.25) is 0 Å². The molecule has 0 fully saturated rings. The van der Waals surface area contributed by atoms with Crippen molar-refractivity contribution in [3.63, 3.8) is 0 Å². The lowest BCUT2D eigenvalue weighted by atomic mass is 10.1. The number of imidazole rings is 1. The second-order valence-electron chi connectivity index (χ2n) is 4.77. The van der Waals surface area contributed by atoms with Crippen LogP contribution in [0.25, 0.3) is 22.4 Å². The van der Waals surface area contributed by atoms with Crippen molar-refractivity contribution >= 4 is 22.6 Å². The molecule has 20 heavy (non-hydrogen) atoms. The first-order valence-corrected chi connectivity index (χ1v) is 6.61. The van der Waals surface area contributed by atoms with E-state index in [4.69, 9.17) is 16.9 Å². The van der Waals surface area contributed by atoms with Crippen LogP contribution in [0.2, 0.25) is 5.02 Å². The van der Waals surface area contributed by atoms with Crippen LogP contribution in [0.5, 0.6) is 0 Å². The number of aryl methyl sites for hydroxylation is 2. The molecule has 0 radical (unpaired) electrons. The van der Waals surface area contributed by atoms with Crippen LogP contribution in [0.3, 0.4) is 0 Å². The number of fused-ring (bicyclic) bond motifs is 1. The summed E-state index contributed by atoms with van der Waals surface area (Å²) < 4.78 is 2.02. The van der Waals surface area contributed by atoms with E-state index in [0.29, 0.717) is 10.6 Å². The van der Waals surface area contributed by atoms with Crippen molar-refractivity contribution in [1.82, 2.24) is 9.55 Å². The molecule has 3 nitrogen and oxygen atoms in total. The van der Waals surface area contributed by atoms with Gasteiger partial charge in [0, 0.05) is 17.6 Å². The molecule has 0 aliphatic heterocycles. The zero-order chi connectivity index (χ0) is 14.3. The SMILES string of the molecule is Cc1ccc(Cl)cc1-c1nc2cc(C#N)ccc2n1C. The molecule has 2 aromatic carbocycles. The molecule has 3 rings (SSSR count). The smallest absolute Gasteiger partial charge is 0.141 e. The zero-order valence-electron chi connectivity index (χ0n) is 11.2. The van der Waals surface area contributed by atoms with Crippen molar-refractivity contribution in [2.45, 2.75) is 6.92 Å². The van der Waals surface area contributed by atoms with E-state index in [1.807, 2.05) is 42.8 Å². The van der Waals surface area contributed by atoms with Crippen LogP contribution >= 0.6 is 11.6 Å². The first-order chi connectivity index (χ1) is 9.60. The normalized spacial score (nSPS) is 10.7. The molecule has 4 heteroatoms. The molecule has 3 aromatic rings. The van der Waals surface area contributed by atoms with Crippen LogP contribution in [0.1, 0.15) is 11.1 Å². The van der Waals surface area contributed by atoms with E-state index in [2.05, 4.69) is 11.1 Å². The van der Waals surface area contributed by atoms with Crippen molar-refractivity contribution in [3.05, 3.63) is 52.5 Å². The van der Waals surface area contributed by atoms with Gasteiger partial charge in [0.15, 0.2) is 0 Å².